The van der Waals surface area contributed by atoms with E-state index in [2.05, 4.69) is 36.4 Å². The summed E-state index contributed by atoms with van der Waals surface area (Å²) in [6.07, 6.45) is 6.86. The first-order chi connectivity index (χ1) is 9.87. The van der Waals surface area contributed by atoms with Crippen molar-refractivity contribution in [2.75, 3.05) is 0 Å². The molecular weight excluding hydrogens is 282 g/mol. The maximum Gasteiger partial charge on any atom is 0.160 e. The molecule has 2 aromatic heterocycles. The van der Waals surface area contributed by atoms with Crippen LogP contribution in [0.3, 0.4) is 0 Å². The minimum Gasteiger partial charge on any atom is -0.308 e. The number of hydrogen-bond acceptors (Lipinski definition) is 2. The quantitative estimate of drug-likeness (QED) is 0.716. The van der Waals surface area contributed by atoms with Gasteiger partial charge in [0.05, 0.1) is 5.38 Å². The zero-order valence-corrected chi connectivity index (χ0v) is 14.1. The molecule has 0 N–H and O–H groups in total. The molecule has 0 aliphatic heterocycles. The highest BCUT2D eigenvalue weighted by molar-refractivity contribution is 6.20. The van der Waals surface area contributed by atoms with Gasteiger partial charge in [-0.05, 0) is 50.2 Å². The maximum atomic E-state index is 6.40. The van der Waals surface area contributed by atoms with Crippen molar-refractivity contribution in [3.8, 4) is 0 Å². The van der Waals surface area contributed by atoms with Crippen LogP contribution in [0, 0.1) is 12.3 Å². The van der Waals surface area contributed by atoms with Crippen molar-refractivity contribution in [2.45, 2.75) is 64.8 Å². The Bertz CT molecular complexity index is 657. The lowest BCUT2D eigenvalue weighted by molar-refractivity contribution is 0.183. The minimum atomic E-state index is -0.0930. The molecule has 2 unspecified atom stereocenters. The van der Waals surface area contributed by atoms with Gasteiger partial charge in [0.15, 0.2) is 5.65 Å². The fourth-order valence-electron chi connectivity index (χ4n) is 3.62. The van der Waals surface area contributed by atoms with Crippen molar-refractivity contribution in [2.24, 2.45) is 5.41 Å². The second-order valence-electron chi connectivity index (χ2n) is 7.23. The highest BCUT2D eigenvalue weighted by Crippen LogP contribution is 2.43. The molecule has 3 rings (SSSR count). The molecule has 0 aromatic carbocycles. The molecule has 0 amide bonds. The first-order valence-electron chi connectivity index (χ1n) is 7.86. The molecule has 0 radical (unpaired) electrons. The van der Waals surface area contributed by atoms with Crippen LogP contribution in [0.4, 0.5) is 0 Å². The van der Waals surface area contributed by atoms with E-state index < -0.39 is 0 Å². The lowest BCUT2D eigenvalue weighted by Crippen LogP contribution is -2.26. The van der Waals surface area contributed by atoms with Gasteiger partial charge in [0.2, 0.25) is 0 Å². The summed E-state index contributed by atoms with van der Waals surface area (Å²) < 4.78 is 2.31. The molecule has 2 atom stereocenters. The number of halogens is 1. The van der Waals surface area contributed by atoms with E-state index in [1.807, 2.05) is 13.1 Å². The standard InChI is InChI=1S/C17H24ClN3/c1-11-8-14-16(19-10-11)21(15(20-14)12(2)18)13-6-5-7-17(3,4)9-13/h8,10,12-13H,5-7,9H2,1-4H3. The monoisotopic (exact) mass is 305 g/mol. The van der Waals surface area contributed by atoms with Crippen LogP contribution in [-0.2, 0) is 0 Å². The van der Waals surface area contributed by atoms with E-state index >= 15 is 0 Å². The van der Waals surface area contributed by atoms with Crippen LogP contribution in [0.2, 0.25) is 0 Å². The number of fused-ring (bicyclic) bond motifs is 1. The Morgan fingerprint density at radius 3 is 2.86 bits per heavy atom. The Balaban J connectivity index is 2.13. The minimum absolute atomic E-state index is 0.0930. The Morgan fingerprint density at radius 2 is 2.19 bits per heavy atom. The van der Waals surface area contributed by atoms with Gasteiger partial charge < -0.3 is 4.57 Å². The Labute approximate surface area is 131 Å². The van der Waals surface area contributed by atoms with Crippen LogP contribution in [0.5, 0.6) is 0 Å². The first-order valence-corrected chi connectivity index (χ1v) is 8.29. The van der Waals surface area contributed by atoms with Gasteiger partial charge in [0, 0.05) is 12.2 Å². The normalized spacial score (nSPS) is 23.4. The number of nitrogens with zero attached hydrogens (tertiary/aromatic N) is 3. The number of hydrogen-bond donors (Lipinski definition) is 0. The van der Waals surface area contributed by atoms with Crippen LogP contribution in [-0.4, -0.2) is 14.5 Å². The zero-order valence-electron chi connectivity index (χ0n) is 13.4. The van der Waals surface area contributed by atoms with E-state index in [9.17, 15) is 0 Å². The summed E-state index contributed by atoms with van der Waals surface area (Å²) in [5.74, 6) is 0.965. The average Bonchev–Trinajstić information content (AvgIpc) is 2.76. The molecular formula is C17H24ClN3. The van der Waals surface area contributed by atoms with Crippen LogP contribution in [0.25, 0.3) is 11.2 Å². The topological polar surface area (TPSA) is 30.7 Å². The first kappa shape index (κ1) is 14.8. The average molecular weight is 306 g/mol. The Kier molecular flexibility index (Phi) is 3.73. The maximum absolute atomic E-state index is 6.40. The van der Waals surface area contributed by atoms with E-state index in [0.717, 1.165) is 22.6 Å². The van der Waals surface area contributed by atoms with Gasteiger partial charge in [0.1, 0.15) is 11.3 Å². The third-order valence-corrected chi connectivity index (χ3v) is 4.79. The second-order valence-corrected chi connectivity index (χ2v) is 7.88. The summed E-state index contributed by atoms with van der Waals surface area (Å²) in [6.45, 7) is 8.78. The molecule has 114 valence electrons. The largest absolute Gasteiger partial charge is 0.308 e. The predicted octanol–water partition coefficient (Wildman–Crippen LogP) is 5.18. The summed E-state index contributed by atoms with van der Waals surface area (Å²) in [5, 5.41) is -0.0930. The molecule has 1 saturated carbocycles. The van der Waals surface area contributed by atoms with Crippen molar-refractivity contribution in [1.82, 2.24) is 14.5 Å². The highest BCUT2D eigenvalue weighted by Gasteiger charge is 2.32. The molecule has 0 saturated heterocycles. The third kappa shape index (κ3) is 2.80. The predicted molar refractivity (Wildman–Crippen MR) is 87.8 cm³/mol. The van der Waals surface area contributed by atoms with Gasteiger partial charge in [-0.1, -0.05) is 20.3 Å². The van der Waals surface area contributed by atoms with Crippen molar-refractivity contribution in [1.29, 1.82) is 0 Å². The molecule has 2 heterocycles. The van der Waals surface area contributed by atoms with E-state index in [-0.39, 0.29) is 5.38 Å². The summed E-state index contributed by atoms with van der Waals surface area (Å²) in [6, 6.07) is 2.57. The highest BCUT2D eigenvalue weighted by atomic mass is 35.5. The van der Waals surface area contributed by atoms with E-state index in [0.29, 0.717) is 11.5 Å². The lowest BCUT2D eigenvalue weighted by atomic mass is 9.75. The van der Waals surface area contributed by atoms with Crippen LogP contribution in [0.1, 0.15) is 69.3 Å². The van der Waals surface area contributed by atoms with Gasteiger partial charge in [-0.2, -0.15) is 0 Å². The van der Waals surface area contributed by atoms with Gasteiger partial charge >= 0.3 is 0 Å². The van der Waals surface area contributed by atoms with Crippen molar-refractivity contribution in [3.05, 3.63) is 23.7 Å². The fraction of sp³-hybridized carbons (Fsp3) is 0.647. The molecule has 1 aliphatic carbocycles. The summed E-state index contributed by atoms with van der Waals surface area (Å²) in [7, 11) is 0. The van der Waals surface area contributed by atoms with Crippen molar-refractivity contribution < 1.29 is 0 Å². The molecule has 1 fully saturated rings. The number of pyridine rings is 1. The summed E-state index contributed by atoms with van der Waals surface area (Å²) in [5.41, 5.74) is 3.49. The summed E-state index contributed by atoms with van der Waals surface area (Å²) >= 11 is 6.40. The molecule has 2 aromatic rings. The molecule has 4 heteroatoms. The Hall–Kier alpha value is -1.09. The third-order valence-electron chi connectivity index (χ3n) is 4.59. The van der Waals surface area contributed by atoms with Gasteiger partial charge in [-0.3, -0.25) is 0 Å². The van der Waals surface area contributed by atoms with Crippen molar-refractivity contribution >= 4 is 22.8 Å². The number of imidazole rings is 1. The summed E-state index contributed by atoms with van der Waals surface area (Å²) in [4.78, 5) is 9.41. The lowest BCUT2D eigenvalue weighted by Gasteiger charge is -2.36. The number of aryl methyl sites for hydroxylation is 1. The second kappa shape index (κ2) is 5.28. The zero-order chi connectivity index (χ0) is 15.2. The van der Waals surface area contributed by atoms with Gasteiger partial charge in [-0.15, -0.1) is 11.6 Å². The Morgan fingerprint density at radius 1 is 1.43 bits per heavy atom. The molecule has 1 aliphatic rings. The number of rotatable bonds is 2. The fourth-order valence-corrected chi connectivity index (χ4v) is 3.77. The van der Waals surface area contributed by atoms with Crippen LogP contribution in [0.15, 0.2) is 12.3 Å². The van der Waals surface area contributed by atoms with E-state index in [4.69, 9.17) is 16.6 Å². The van der Waals surface area contributed by atoms with Crippen molar-refractivity contribution in [3.63, 3.8) is 0 Å². The number of aromatic nitrogens is 3. The SMILES string of the molecule is Cc1cnc2c(c1)nc(C(C)Cl)n2C1CCCC(C)(C)C1. The van der Waals surface area contributed by atoms with E-state index in [1.54, 1.807) is 0 Å². The van der Waals surface area contributed by atoms with Crippen LogP contribution < -0.4 is 0 Å². The van der Waals surface area contributed by atoms with Crippen LogP contribution >= 0.6 is 11.6 Å². The molecule has 3 nitrogen and oxygen atoms in total. The molecule has 0 spiro atoms. The number of alkyl halides is 1. The van der Waals surface area contributed by atoms with Gasteiger partial charge in [-0.25, -0.2) is 9.97 Å². The molecule has 21 heavy (non-hydrogen) atoms. The molecule has 0 bridgehead atoms. The van der Waals surface area contributed by atoms with E-state index in [1.165, 1.54) is 25.7 Å². The van der Waals surface area contributed by atoms with Gasteiger partial charge in [0.25, 0.3) is 0 Å². The smallest absolute Gasteiger partial charge is 0.160 e.